The van der Waals surface area contributed by atoms with E-state index in [1.807, 2.05) is 35.2 Å². The molecule has 1 saturated carbocycles. The van der Waals surface area contributed by atoms with E-state index in [1.165, 1.54) is 5.56 Å². The van der Waals surface area contributed by atoms with Crippen LogP contribution in [0.2, 0.25) is 0 Å². The SMILES string of the molecule is O=C(CN1C(=O)C2CCCC2=Nc2ccccc21)N1CCC(Cc2ccccc2)CC1. The van der Waals surface area contributed by atoms with Gasteiger partial charge < -0.3 is 9.80 Å². The summed E-state index contributed by atoms with van der Waals surface area (Å²) in [6.07, 6.45) is 5.81. The van der Waals surface area contributed by atoms with E-state index < -0.39 is 0 Å². The summed E-state index contributed by atoms with van der Waals surface area (Å²) in [4.78, 5) is 35.0. The highest BCUT2D eigenvalue weighted by Crippen LogP contribution is 2.38. The Morgan fingerprint density at radius 1 is 0.968 bits per heavy atom. The van der Waals surface area contributed by atoms with Crippen LogP contribution in [0, 0.1) is 11.8 Å². The first kappa shape index (κ1) is 20.0. The third-order valence-electron chi connectivity index (χ3n) is 6.96. The van der Waals surface area contributed by atoms with Gasteiger partial charge in [-0.3, -0.25) is 14.6 Å². The number of hydrogen-bond acceptors (Lipinski definition) is 3. The van der Waals surface area contributed by atoms with Crippen LogP contribution >= 0.6 is 0 Å². The molecule has 3 aliphatic rings. The molecular formula is C26H29N3O2. The van der Waals surface area contributed by atoms with Crippen LogP contribution in [0.4, 0.5) is 11.4 Å². The van der Waals surface area contributed by atoms with E-state index in [9.17, 15) is 9.59 Å². The Morgan fingerprint density at radius 2 is 1.71 bits per heavy atom. The molecule has 2 fully saturated rings. The first-order chi connectivity index (χ1) is 15.2. The van der Waals surface area contributed by atoms with Crippen LogP contribution in [0.5, 0.6) is 0 Å². The van der Waals surface area contributed by atoms with Crippen molar-refractivity contribution < 1.29 is 9.59 Å². The molecule has 5 heteroatoms. The minimum atomic E-state index is -0.170. The molecule has 2 aromatic rings. The lowest BCUT2D eigenvalue weighted by Crippen LogP contribution is -2.47. The van der Waals surface area contributed by atoms with Gasteiger partial charge in [-0.1, -0.05) is 42.5 Å². The summed E-state index contributed by atoms with van der Waals surface area (Å²) in [5, 5.41) is 0. The zero-order valence-electron chi connectivity index (χ0n) is 17.9. The highest BCUT2D eigenvalue weighted by atomic mass is 16.2. The van der Waals surface area contributed by atoms with Gasteiger partial charge in [-0.15, -0.1) is 0 Å². The third-order valence-corrected chi connectivity index (χ3v) is 6.96. The molecule has 1 aliphatic carbocycles. The van der Waals surface area contributed by atoms with Crippen molar-refractivity contribution in [3.63, 3.8) is 0 Å². The van der Waals surface area contributed by atoms with Crippen molar-refractivity contribution in [3.05, 3.63) is 60.2 Å². The Balaban J connectivity index is 1.26. The van der Waals surface area contributed by atoms with Gasteiger partial charge >= 0.3 is 0 Å². The summed E-state index contributed by atoms with van der Waals surface area (Å²) in [5.74, 6) is 0.523. The van der Waals surface area contributed by atoms with Crippen LogP contribution in [-0.2, 0) is 16.0 Å². The Kier molecular flexibility index (Phi) is 5.58. The van der Waals surface area contributed by atoms with Gasteiger partial charge in [-0.05, 0) is 62.1 Å². The van der Waals surface area contributed by atoms with Gasteiger partial charge in [0.25, 0.3) is 0 Å². The maximum Gasteiger partial charge on any atom is 0.242 e. The molecule has 0 radical (unpaired) electrons. The zero-order valence-corrected chi connectivity index (χ0v) is 17.9. The quantitative estimate of drug-likeness (QED) is 0.744. The van der Waals surface area contributed by atoms with Crippen molar-refractivity contribution in [2.75, 3.05) is 24.5 Å². The second kappa shape index (κ2) is 8.66. The molecule has 0 aromatic heterocycles. The molecule has 160 valence electrons. The van der Waals surface area contributed by atoms with Crippen LogP contribution in [-0.4, -0.2) is 42.1 Å². The number of carbonyl (C=O) groups is 2. The number of piperidine rings is 1. The lowest BCUT2D eigenvalue weighted by atomic mass is 9.90. The van der Waals surface area contributed by atoms with Crippen LogP contribution in [0.25, 0.3) is 0 Å². The molecule has 2 amide bonds. The highest BCUT2D eigenvalue weighted by Gasteiger charge is 2.37. The molecule has 31 heavy (non-hydrogen) atoms. The van der Waals surface area contributed by atoms with Gasteiger partial charge in [0, 0.05) is 18.8 Å². The third kappa shape index (κ3) is 4.14. The number of aliphatic imine (C=N–C) groups is 1. The summed E-state index contributed by atoms with van der Waals surface area (Å²) in [7, 11) is 0. The minimum absolute atomic E-state index is 0.0357. The summed E-state index contributed by atoms with van der Waals surface area (Å²) in [6, 6.07) is 18.3. The van der Waals surface area contributed by atoms with Gasteiger partial charge in [0.1, 0.15) is 6.54 Å². The lowest BCUT2D eigenvalue weighted by Gasteiger charge is -2.34. The van der Waals surface area contributed by atoms with Gasteiger partial charge in [-0.2, -0.15) is 0 Å². The van der Waals surface area contributed by atoms with Gasteiger partial charge in [0.05, 0.1) is 17.3 Å². The number of para-hydroxylation sites is 2. The van der Waals surface area contributed by atoms with Gasteiger partial charge in [0.2, 0.25) is 11.8 Å². The van der Waals surface area contributed by atoms with E-state index >= 15 is 0 Å². The van der Waals surface area contributed by atoms with Crippen molar-refractivity contribution in [1.82, 2.24) is 4.90 Å². The number of amides is 2. The second-order valence-electron chi connectivity index (χ2n) is 8.97. The molecule has 0 spiro atoms. The fourth-order valence-corrected chi connectivity index (χ4v) is 5.21. The Labute approximate surface area is 183 Å². The topological polar surface area (TPSA) is 53.0 Å². The van der Waals surface area contributed by atoms with E-state index in [4.69, 9.17) is 4.99 Å². The lowest BCUT2D eigenvalue weighted by molar-refractivity contribution is -0.132. The Bertz CT molecular complexity index is 993. The van der Waals surface area contributed by atoms with Crippen LogP contribution in [0.15, 0.2) is 59.6 Å². The van der Waals surface area contributed by atoms with Gasteiger partial charge in [-0.25, -0.2) is 0 Å². The number of fused-ring (bicyclic) bond motifs is 2. The molecule has 1 atom stereocenters. The Morgan fingerprint density at radius 3 is 2.52 bits per heavy atom. The molecule has 1 unspecified atom stereocenters. The van der Waals surface area contributed by atoms with Crippen molar-refractivity contribution in [3.8, 4) is 0 Å². The first-order valence-corrected chi connectivity index (χ1v) is 11.5. The molecule has 5 nitrogen and oxygen atoms in total. The zero-order chi connectivity index (χ0) is 21.2. The monoisotopic (exact) mass is 415 g/mol. The summed E-state index contributed by atoms with van der Waals surface area (Å²) in [6.45, 7) is 1.65. The van der Waals surface area contributed by atoms with E-state index in [-0.39, 0.29) is 24.3 Å². The van der Waals surface area contributed by atoms with E-state index in [0.29, 0.717) is 5.92 Å². The largest absolute Gasteiger partial charge is 0.341 e. The fourth-order valence-electron chi connectivity index (χ4n) is 5.21. The van der Waals surface area contributed by atoms with E-state index in [2.05, 4.69) is 24.3 Å². The second-order valence-corrected chi connectivity index (χ2v) is 8.97. The first-order valence-electron chi connectivity index (χ1n) is 11.5. The normalized spacial score (nSPS) is 21.4. The van der Waals surface area contributed by atoms with Crippen LogP contribution < -0.4 is 4.90 Å². The average Bonchev–Trinajstić information content (AvgIpc) is 3.23. The number of hydrogen-bond donors (Lipinski definition) is 0. The molecule has 2 aliphatic heterocycles. The number of rotatable bonds is 4. The number of likely N-dealkylation sites (tertiary alicyclic amines) is 1. The highest BCUT2D eigenvalue weighted by molar-refractivity contribution is 6.16. The van der Waals surface area contributed by atoms with Crippen molar-refractivity contribution in [1.29, 1.82) is 0 Å². The van der Waals surface area contributed by atoms with Crippen molar-refractivity contribution >= 4 is 28.9 Å². The fraction of sp³-hybridized carbons (Fsp3) is 0.423. The summed E-state index contributed by atoms with van der Waals surface area (Å²) < 4.78 is 0. The number of nitrogens with zero attached hydrogens (tertiary/aromatic N) is 3. The van der Waals surface area contributed by atoms with Crippen molar-refractivity contribution in [2.45, 2.75) is 38.5 Å². The molecule has 2 heterocycles. The maximum absolute atomic E-state index is 13.3. The van der Waals surface area contributed by atoms with E-state index in [0.717, 1.165) is 68.7 Å². The van der Waals surface area contributed by atoms with Gasteiger partial charge in [0.15, 0.2) is 0 Å². The molecule has 0 N–H and O–H groups in total. The average molecular weight is 416 g/mol. The van der Waals surface area contributed by atoms with E-state index in [1.54, 1.807) is 4.90 Å². The Hall–Kier alpha value is -2.95. The number of anilines is 1. The predicted molar refractivity (Wildman–Crippen MR) is 123 cm³/mol. The summed E-state index contributed by atoms with van der Waals surface area (Å²) >= 11 is 0. The number of carbonyl (C=O) groups excluding carboxylic acids is 2. The van der Waals surface area contributed by atoms with Crippen LogP contribution in [0.3, 0.4) is 0 Å². The standard InChI is InChI=1S/C26H29N3O2/c30-25(28-15-13-20(14-16-28)17-19-7-2-1-3-8-19)18-29-24-12-5-4-10-23(24)27-22-11-6-9-21(22)26(29)31/h1-5,7-8,10,12,20-21H,6,9,11,13-18H2. The number of benzene rings is 2. The molecule has 1 saturated heterocycles. The molecule has 2 aromatic carbocycles. The predicted octanol–water partition coefficient (Wildman–Crippen LogP) is 4.39. The molecular weight excluding hydrogens is 386 g/mol. The smallest absolute Gasteiger partial charge is 0.242 e. The van der Waals surface area contributed by atoms with Crippen LogP contribution in [0.1, 0.15) is 37.7 Å². The minimum Gasteiger partial charge on any atom is -0.341 e. The van der Waals surface area contributed by atoms with Crippen molar-refractivity contribution in [2.24, 2.45) is 16.8 Å². The summed E-state index contributed by atoms with van der Waals surface area (Å²) in [5.41, 5.74) is 3.92. The molecule has 0 bridgehead atoms. The maximum atomic E-state index is 13.3. The molecule has 5 rings (SSSR count).